The molecule has 2 aliphatic rings. The number of hydrogen-bond donors (Lipinski definition) is 2. The van der Waals surface area contributed by atoms with Gasteiger partial charge in [-0.3, -0.25) is 5.32 Å². The third kappa shape index (κ3) is 1.74. The molecule has 0 aromatic carbocycles. The smallest absolute Gasteiger partial charge is 0.307 e. The van der Waals surface area contributed by atoms with Crippen molar-refractivity contribution in [3.8, 4) is 0 Å². The Morgan fingerprint density at radius 3 is 3.07 bits per heavy atom. The molecule has 0 aromatic rings. The van der Waals surface area contributed by atoms with Crippen molar-refractivity contribution < 1.29 is 15.2 Å². The minimum atomic E-state index is -0.309. The summed E-state index contributed by atoms with van der Waals surface area (Å²) in [7, 11) is 0. The highest BCUT2D eigenvalue weighted by Gasteiger charge is 2.45. The van der Waals surface area contributed by atoms with Gasteiger partial charge in [-0.25, -0.2) is 4.79 Å². The molecule has 4 atom stereocenters. The topological polar surface area (TPSA) is 53.9 Å². The first-order valence-corrected chi connectivity index (χ1v) is 5.38. The number of nitrogens with two attached hydrogens (primary N) is 1. The molecule has 78 valence electrons. The maximum atomic E-state index is 11.0. The molecular weight excluding hydrogens is 178 g/mol. The van der Waals surface area contributed by atoms with Crippen molar-refractivity contribution in [3.63, 3.8) is 0 Å². The lowest BCUT2D eigenvalue weighted by Crippen LogP contribution is -2.95. The molecule has 3 N–H and O–H groups in total. The molecular formula is C11H18NO2+. The Hall–Kier alpha value is -0.670. The Morgan fingerprint density at radius 2 is 2.36 bits per heavy atom. The Morgan fingerprint density at radius 1 is 1.57 bits per heavy atom. The SMILES string of the molecule is CC(=O)[NH2+]C1C(O)CC2C=CCCC21. The van der Waals surface area contributed by atoms with Crippen LogP contribution >= 0.6 is 0 Å². The van der Waals surface area contributed by atoms with Gasteiger partial charge >= 0.3 is 5.91 Å². The van der Waals surface area contributed by atoms with Gasteiger partial charge in [-0.1, -0.05) is 12.2 Å². The second kappa shape index (κ2) is 3.83. The molecule has 1 fully saturated rings. The first kappa shape index (κ1) is 9.87. The van der Waals surface area contributed by atoms with Crippen LogP contribution in [0, 0.1) is 11.8 Å². The number of hydrogen-bond acceptors (Lipinski definition) is 2. The molecule has 3 heteroatoms. The van der Waals surface area contributed by atoms with E-state index >= 15 is 0 Å². The van der Waals surface area contributed by atoms with Gasteiger partial charge in [-0.15, -0.1) is 0 Å². The van der Waals surface area contributed by atoms with Crippen molar-refractivity contribution in [3.05, 3.63) is 12.2 Å². The van der Waals surface area contributed by atoms with E-state index in [1.54, 1.807) is 12.2 Å². The number of amides is 1. The molecule has 14 heavy (non-hydrogen) atoms. The molecule has 0 aliphatic heterocycles. The Labute approximate surface area is 84.2 Å². The van der Waals surface area contributed by atoms with E-state index in [9.17, 15) is 9.90 Å². The minimum Gasteiger partial charge on any atom is -0.387 e. The van der Waals surface area contributed by atoms with Crippen molar-refractivity contribution in [1.82, 2.24) is 0 Å². The summed E-state index contributed by atoms with van der Waals surface area (Å²) in [5.41, 5.74) is 0. The third-order valence-electron chi connectivity index (χ3n) is 3.48. The summed E-state index contributed by atoms with van der Waals surface area (Å²) in [6.45, 7) is 1.57. The molecule has 2 rings (SSSR count). The molecule has 0 heterocycles. The summed E-state index contributed by atoms with van der Waals surface area (Å²) in [4.78, 5) is 11.0. The van der Waals surface area contributed by atoms with Gasteiger partial charge in [0.25, 0.3) is 0 Å². The lowest BCUT2D eigenvalue weighted by atomic mass is 9.85. The summed E-state index contributed by atoms with van der Waals surface area (Å²) < 4.78 is 0. The summed E-state index contributed by atoms with van der Waals surface area (Å²) >= 11 is 0. The average molecular weight is 196 g/mol. The summed E-state index contributed by atoms with van der Waals surface area (Å²) in [6, 6.07) is 0.0995. The van der Waals surface area contributed by atoms with Crippen LogP contribution < -0.4 is 5.32 Å². The van der Waals surface area contributed by atoms with Crippen molar-refractivity contribution in [2.24, 2.45) is 11.8 Å². The first-order valence-electron chi connectivity index (χ1n) is 5.38. The molecule has 4 unspecified atom stereocenters. The first-order chi connectivity index (χ1) is 6.68. The maximum absolute atomic E-state index is 11.0. The van der Waals surface area contributed by atoms with E-state index in [0.29, 0.717) is 11.8 Å². The van der Waals surface area contributed by atoms with Crippen LogP contribution in [-0.4, -0.2) is 23.2 Å². The fourth-order valence-corrected chi connectivity index (χ4v) is 2.87. The highest BCUT2D eigenvalue weighted by atomic mass is 16.3. The van der Waals surface area contributed by atoms with Gasteiger partial charge in [-0.05, 0) is 25.2 Å². The van der Waals surface area contributed by atoms with Crippen LogP contribution in [0.1, 0.15) is 26.2 Å². The lowest BCUT2D eigenvalue weighted by Gasteiger charge is -2.23. The molecule has 0 saturated heterocycles. The Balaban J connectivity index is 2.08. The molecule has 2 aliphatic carbocycles. The zero-order valence-corrected chi connectivity index (χ0v) is 8.52. The predicted molar refractivity (Wildman–Crippen MR) is 52.4 cm³/mol. The van der Waals surface area contributed by atoms with E-state index in [1.165, 1.54) is 0 Å². The number of aliphatic hydroxyl groups is 1. The quantitative estimate of drug-likeness (QED) is 0.571. The number of primary amides is 1. The molecule has 0 spiro atoms. The minimum absolute atomic E-state index is 0.0873. The normalized spacial score (nSPS) is 41.0. The fourth-order valence-electron chi connectivity index (χ4n) is 2.87. The zero-order valence-electron chi connectivity index (χ0n) is 8.52. The molecule has 0 aromatic heterocycles. The van der Waals surface area contributed by atoms with E-state index < -0.39 is 0 Å². The van der Waals surface area contributed by atoms with Crippen molar-refractivity contribution in [2.45, 2.75) is 38.3 Å². The Kier molecular flexibility index (Phi) is 2.70. The van der Waals surface area contributed by atoms with Crippen molar-refractivity contribution in [2.75, 3.05) is 0 Å². The lowest BCUT2D eigenvalue weighted by molar-refractivity contribution is -0.618. The average Bonchev–Trinajstić information content (AvgIpc) is 2.43. The van der Waals surface area contributed by atoms with Crippen LogP contribution in [0.5, 0.6) is 0 Å². The number of fused-ring (bicyclic) bond motifs is 1. The standard InChI is InChI=1S/C11H17NO2/c1-7(13)12-11-9-5-3-2-4-8(9)6-10(11)14/h2,4,8-11,14H,3,5-6H2,1H3,(H,12,13)/p+1. The second-order valence-corrected chi connectivity index (χ2v) is 4.49. The van der Waals surface area contributed by atoms with Gasteiger partial charge in [0.15, 0.2) is 0 Å². The van der Waals surface area contributed by atoms with E-state index in [2.05, 4.69) is 12.2 Å². The van der Waals surface area contributed by atoms with Crippen LogP contribution in [0.25, 0.3) is 0 Å². The van der Waals surface area contributed by atoms with Crippen molar-refractivity contribution >= 4 is 5.91 Å². The van der Waals surface area contributed by atoms with Gasteiger partial charge in [-0.2, -0.15) is 0 Å². The highest BCUT2D eigenvalue weighted by Crippen LogP contribution is 2.37. The van der Waals surface area contributed by atoms with Crippen LogP contribution in [-0.2, 0) is 4.79 Å². The van der Waals surface area contributed by atoms with E-state index in [4.69, 9.17) is 0 Å². The molecule has 3 nitrogen and oxygen atoms in total. The summed E-state index contributed by atoms with van der Waals surface area (Å²) in [6.07, 6.45) is 7.14. The van der Waals surface area contributed by atoms with Crippen LogP contribution in [0.15, 0.2) is 12.2 Å². The number of quaternary nitrogens is 1. The predicted octanol–water partition coefficient (Wildman–Crippen LogP) is -0.188. The van der Waals surface area contributed by atoms with Crippen LogP contribution in [0.2, 0.25) is 0 Å². The van der Waals surface area contributed by atoms with Gasteiger partial charge < -0.3 is 5.11 Å². The summed E-state index contributed by atoms with van der Waals surface area (Å²) in [5.74, 6) is 1.09. The zero-order chi connectivity index (χ0) is 10.1. The van der Waals surface area contributed by atoms with Crippen LogP contribution in [0.4, 0.5) is 0 Å². The Bertz CT molecular complexity index is 262. The number of carbonyl (C=O) groups excluding carboxylic acids is 1. The summed E-state index contributed by atoms with van der Waals surface area (Å²) in [5, 5.41) is 11.6. The largest absolute Gasteiger partial charge is 0.387 e. The van der Waals surface area contributed by atoms with Gasteiger partial charge in [0.1, 0.15) is 12.1 Å². The fraction of sp³-hybridized carbons (Fsp3) is 0.727. The van der Waals surface area contributed by atoms with Gasteiger partial charge in [0.05, 0.1) is 6.92 Å². The van der Waals surface area contributed by atoms with E-state index in [0.717, 1.165) is 19.3 Å². The number of aliphatic hydroxyl groups excluding tert-OH is 1. The van der Waals surface area contributed by atoms with E-state index in [-0.39, 0.29) is 18.1 Å². The van der Waals surface area contributed by atoms with Gasteiger partial charge in [0, 0.05) is 5.92 Å². The number of rotatable bonds is 1. The highest BCUT2D eigenvalue weighted by molar-refractivity contribution is 5.61. The third-order valence-corrected chi connectivity index (χ3v) is 3.48. The monoisotopic (exact) mass is 196 g/mol. The second-order valence-electron chi connectivity index (χ2n) is 4.49. The van der Waals surface area contributed by atoms with E-state index in [1.807, 2.05) is 0 Å². The molecule has 0 radical (unpaired) electrons. The molecule has 1 saturated carbocycles. The number of allylic oxidation sites excluding steroid dienone is 2. The maximum Gasteiger partial charge on any atom is 0.307 e. The van der Waals surface area contributed by atoms with Crippen LogP contribution in [0.3, 0.4) is 0 Å². The van der Waals surface area contributed by atoms with Gasteiger partial charge in [0.2, 0.25) is 0 Å². The van der Waals surface area contributed by atoms with Crippen molar-refractivity contribution in [1.29, 1.82) is 0 Å². The molecule has 0 bridgehead atoms. The molecule has 1 amide bonds. The number of carbonyl (C=O) groups is 1.